The number of aromatic nitrogens is 8. The second-order valence-corrected chi connectivity index (χ2v) is 20.9. The van der Waals surface area contributed by atoms with E-state index in [4.69, 9.17) is 19.9 Å². The summed E-state index contributed by atoms with van der Waals surface area (Å²) in [6.07, 6.45) is 3.88. The van der Waals surface area contributed by atoms with Crippen LogP contribution in [0.15, 0.2) is 279 Å². The van der Waals surface area contributed by atoms with Crippen LogP contribution in [0.5, 0.6) is 0 Å². The Morgan fingerprint density at radius 3 is 0.768 bits per heavy atom. The zero-order valence-electron chi connectivity index (χ0n) is 44.1. The maximum Gasteiger partial charge on any atom is 0.167 e. The van der Waals surface area contributed by atoms with Crippen molar-refractivity contribution in [3.63, 3.8) is 0 Å². The van der Waals surface area contributed by atoms with Gasteiger partial charge in [-0.05, 0) is 54.6 Å². The largest absolute Gasteiger partial charge is 0.306 e. The summed E-state index contributed by atoms with van der Waals surface area (Å²) in [6.45, 7) is 0. The van der Waals surface area contributed by atoms with Crippen molar-refractivity contribution >= 4 is 87.2 Å². The summed E-state index contributed by atoms with van der Waals surface area (Å²) in [4.78, 5) is 22.0. The van der Waals surface area contributed by atoms with Gasteiger partial charge in [-0.2, -0.15) is 0 Å². The Kier molecular flexibility index (Phi) is 10.1. The van der Waals surface area contributed by atoms with Gasteiger partial charge in [-0.15, -0.1) is 0 Å². The molecule has 0 fully saturated rings. The van der Waals surface area contributed by atoms with Crippen LogP contribution in [0.3, 0.4) is 0 Å². The van der Waals surface area contributed by atoms with Crippen molar-refractivity contribution in [3.8, 4) is 68.0 Å². The molecular weight excluding hydrogens is 1000 g/mol. The standard InChI is InChI=1S/C74H46N8/c1-3-24-47(25-4-1)72-76-73(48-26-5-2-6-27-48)78-74(77-72)67-66(49-28-23-45-75-46-49)68(79-58-37-15-7-29-50(58)51-30-8-16-38-59(51)79)70(81-62-41-19-11-33-54(62)55-34-12-20-42-63(55)81)71(82-64-43-21-13-35-56(64)57-36-14-22-44-65(57)82)69(67)80-60-39-17-9-31-52(60)53-32-10-18-40-61(53)80/h1-46H. The number of hydrogen-bond acceptors (Lipinski definition) is 4. The molecule has 0 spiro atoms. The van der Waals surface area contributed by atoms with Crippen molar-refractivity contribution in [1.29, 1.82) is 0 Å². The second-order valence-electron chi connectivity index (χ2n) is 20.9. The van der Waals surface area contributed by atoms with E-state index in [0.717, 1.165) is 138 Å². The molecule has 0 aliphatic carbocycles. The lowest BCUT2D eigenvalue weighted by atomic mass is 9.92. The number of benzene rings is 11. The highest BCUT2D eigenvalue weighted by Gasteiger charge is 2.37. The van der Waals surface area contributed by atoms with E-state index >= 15 is 0 Å². The lowest BCUT2D eigenvalue weighted by Gasteiger charge is -2.31. The van der Waals surface area contributed by atoms with E-state index in [0.29, 0.717) is 17.5 Å². The van der Waals surface area contributed by atoms with Gasteiger partial charge in [-0.25, -0.2) is 15.0 Å². The molecule has 382 valence electrons. The van der Waals surface area contributed by atoms with Crippen LogP contribution >= 0.6 is 0 Å². The van der Waals surface area contributed by atoms with Gasteiger partial charge >= 0.3 is 0 Å². The summed E-state index contributed by atoms with van der Waals surface area (Å²) >= 11 is 0. The number of hydrogen-bond donors (Lipinski definition) is 0. The van der Waals surface area contributed by atoms with Crippen LogP contribution in [0.4, 0.5) is 0 Å². The molecule has 0 N–H and O–H groups in total. The monoisotopic (exact) mass is 1050 g/mol. The highest BCUT2D eigenvalue weighted by Crippen LogP contribution is 2.54. The zero-order chi connectivity index (χ0) is 53.8. The Labute approximate surface area is 470 Å². The van der Waals surface area contributed by atoms with Crippen LogP contribution in [-0.2, 0) is 0 Å². The van der Waals surface area contributed by atoms with E-state index < -0.39 is 0 Å². The lowest BCUT2D eigenvalue weighted by Crippen LogP contribution is -2.17. The third kappa shape index (κ3) is 6.72. The van der Waals surface area contributed by atoms with Crippen LogP contribution in [0, 0.1) is 0 Å². The minimum atomic E-state index is 0.501. The minimum Gasteiger partial charge on any atom is -0.306 e. The number of fused-ring (bicyclic) bond motifs is 12. The number of nitrogens with zero attached hydrogens (tertiary/aromatic N) is 8. The normalized spacial score (nSPS) is 11.9. The molecule has 0 saturated heterocycles. The summed E-state index contributed by atoms with van der Waals surface area (Å²) < 4.78 is 10.1. The molecule has 0 radical (unpaired) electrons. The molecule has 82 heavy (non-hydrogen) atoms. The van der Waals surface area contributed by atoms with Crippen LogP contribution in [0.2, 0.25) is 0 Å². The Morgan fingerprint density at radius 2 is 0.463 bits per heavy atom. The van der Waals surface area contributed by atoms with Gasteiger partial charge in [0.25, 0.3) is 0 Å². The Hall–Kier alpha value is -11.2. The van der Waals surface area contributed by atoms with Gasteiger partial charge in [0, 0.05) is 77.7 Å². The van der Waals surface area contributed by atoms with Crippen molar-refractivity contribution in [2.24, 2.45) is 0 Å². The van der Waals surface area contributed by atoms with Gasteiger partial charge in [0.05, 0.1) is 72.4 Å². The molecule has 0 aliphatic rings. The fraction of sp³-hybridized carbons (Fsp3) is 0. The first-order valence-electron chi connectivity index (χ1n) is 27.7. The van der Waals surface area contributed by atoms with E-state index in [9.17, 15) is 0 Å². The summed E-state index contributed by atoms with van der Waals surface area (Å²) in [5, 5.41) is 9.05. The van der Waals surface area contributed by atoms with E-state index in [1.165, 1.54) is 0 Å². The first-order valence-corrected chi connectivity index (χ1v) is 27.7. The van der Waals surface area contributed by atoms with Crippen molar-refractivity contribution in [2.45, 2.75) is 0 Å². The molecule has 17 rings (SSSR count). The number of rotatable bonds is 8. The summed E-state index contributed by atoms with van der Waals surface area (Å²) in [5.74, 6) is 1.61. The molecule has 0 amide bonds. The molecule has 0 atom stereocenters. The number of para-hydroxylation sites is 8. The molecule has 17 aromatic rings. The number of pyridine rings is 1. The fourth-order valence-corrected chi connectivity index (χ4v) is 13.1. The molecule has 8 heteroatoms. The van der Waals surface area contributed by atoms with Crippen LogP contribution in [-0.4, -0.2) is 38.2 Å². The third-order valence-corrected chi connectivity index (χ3v) is 16.5. The van der Waals surface area contributed by atoms with E-state index in [-0.39, 0.29) is 0 Å². The van der Waals surface area contributed by atoms with Gasteiger partial charge < -0.3 is 18.3 Å². The molecule has 6 heterocycles. The fourth-order valence-electron chi connectivity index (χ4n) is 13.1. The SMILES string of the molecule is c1ccc(-c2nc(-c3ccccc3)nc(-c3c(-c4cccnc4)c(-n4c5ccccc5c5ccccc54)c(-n4c5ccccc5c5ccccc54)c(-n4c5ccccc5c5ccccc54)c3-n3c4ccccc4c4ccccc43)n2)cc1. The van der Waals surface area contributed by atoms with Crippen LogP contribution in [0.25, 0.3) is 155 Å². The van der Waals surface area contributed by atoms with Gasteiger partial charge in [0.15, 0.2) is 17.5 Å². The van der Waals surface area contributed by atoms with E-state index in [1.54, 1.807) is 0 Å². The van der Waals surface area contributed by atoms with E-state index in [2.05, 4.69) is 243 Å². The van der Waals surface area contributed by atoms with Gasteiger partial charge in [-0.3, -0.25) is 4.98 Å². The molecular formula is C74H46N8. The Balaban J connectivity index is 1.26. The van der Waals surface area contributed by atoms with E-state index in [1.807, 2.05) is 54.9 Å². The van der Waals surface area contributed by atoms with Crippen molar-refractivity contribution in [1.82, 2.24) is 38.2 Å². The molecule has 0 saturated carbocycles. The van der Waals surface area contributed by atoms with Crippen molar-refractivity contribution in [3.05, 3.63) is 279 Å². The quantitative estimate of drug-likeness (QED) is 0.152. The van der Waals surface area contributed by atoms with Crippen LogP contribution in [0.1, 0.15) is 0 Å². The molecule has 6 aromatic heterocycles. The second kappa shape index (κ2) is 18.2. The average molecular weight is 1050 g/mol. The third-order valence-electron chi connectivity index (χ3n) is 16.5. The molecule has 8 nitrogen and oxygen atoms in total. The lowest BCUT2D eigenvalue weighted by molar-refractivity contribution is 1.01. The van der Waals surface area contributed by atoms with Gasteiger partial charge in [-0.1, -0.05) is 212 Å². The zero-order valence-corrected chi connectivity index (χ0v) is 44.1. The van der Waals surface area contributed by atoms with Gasteiger partial charge in [0.1, 0.15) is 0 Å². The molecule has 0 bridgehead atoms. The predicted octanol–water partition coefficient (Wildman–Crippen LogP) is 18.3. The van der Waals surface area contributed by atoms with Crippen molar-refractivity contribution in [2.75, 3.05) is 0 Å². The first-order chi connectivity index (χ1) is 40.8. The molecule has 0 unspecified atom stereocenters. The maximum absolute atomic E-state index is 5.82. The minimum absolute atomic E-state index is 0.501. The summed E-state index contributed by atoms with van der Waals surface area (Å²) in [5.41, 5.74) is 16.4. The van der Waals surface area contributed by atoms with Gasteiger partial charge in [0.2, 0.25) is 0 Å². The summed E-state index contributed by atoms with van der Waals surface area (Å²) in [7, 11) is 0. The topological polar surface area (TPSA) is 71.3 Å². The highest BCUT2D eigenvalue weighted by atomic mass is 15.2. The Morgan fingerprint density at radius 1 is 0.207 bits per heavy atom. The van der Waals surface area contributed by atoms with Crippen LogP contribution < -0.4 is 0 Å². The smallest absolute Gasteiger partial charge is 0.167 e. The molecule has 0 aliphatic heterocycles. The highest BCUT2D eigenvalue weighted by molar-refractivity contribution is 6.18. The van der Waals surface area contributed by atoms with Crippen molar-refractivity contribution < 1.29 is 0 Å². The molecule has 11 aromatic carbocycles. The predicted molar refractivity (Wildman–Crippen MR) is 337 cm³/mol. The average Bonchev–Trinajstić information content (AvgIpc) is 2.35. The first kappa shape index (κ1) is 45.8. The summed E-state index contributed by atoms with van der Waals surface area (Å²) in [6, 6.07) is 95.6. The maximum atomic E-state index is 5.82. The Bertz CT molecular complexity index is 5130.